The number of halogens is 2. The normalized spacial score (nSPS) is 9.08. The third kappa shape index (κ3) is 2.68. The van der Waals surface area contributed by atoms with Crippen molar-refractivity contribution in [3.8, 4) is 0 Å². The van der Waals surface area contributed by atoms with Crippen molar-refractivity contribution in [2.45, 2.75) is 6.54 Å². The SMILES string of the molecule is Cl.NCc1ccc(F)cc1C(N)=O. The lowest BCUT2D eigenvalue weighted by Gasteiger charge is -2.02. The standard InChI is InChI=1S/C8H9FN2O.ClH/c9-6-2-1-5(4-10)7(3-6)8(11)12;/h1-3H,4,10H2,(H2,11,12);1H. The van der Waals surface area contributed by atoms with Crippen LogP contribution in [0.4, 0.5) is 4.39 Å². The molecule has 0 atom stereocenters. The van der Waals surface area contributed by atoms with Gasteiger partial charge in [0.05, 0.1) is 0 Å². The van der Waals surface area contributed by atoms with Crippen LogP contribution < -0.4 is 11.5 Å². The molecule has 0 aliphatic carbocycles. The van der Waals surface area contributed by atoms with Crippen LogP contribution in [0.25, 0.3) is 0 Å². The van der Waals surface area contributed by atoms with Gasteiger partial charge in [-0.1, -0.05) is 6.07 Å². The number of rotatable bonds is 2. The molecule has 1 aromatic carbocycles. The Bertz CT molecular complexity index is 317. The summed E-state index contributed by atoms with van der Waals surface area (Å²) in [6, 6.07) is 3.79. The highest BCUT2D eigenvalue weighted by atomic mass is 35.5. The average molecular weight is 205 g/mol. The van der Waals surface area contributed by atoms with Gasteiger partial charge in [-0.15, -0.1) is 12.4 Å². The Kier molecular flexibility index (Phi) is 4.37. The van der Waals surface area contributed by atoms with Gasteiger partial charge in [0.25, 0.3) is 0 Å². The second-order valence-electron chi connectivity index (χ2n) is 2.37. The lowest BCUT2D eigenvalue weighted by molar-refractivity contribution is 0.0999. The van der Waals surface area contributed by atoms with Gasteiger partial charge in [-0.25, -0.2) is 4.39 Å². The van der Waals surface area contributed by atoms with Crippen LogP contribution in [0.1, 0.15) is 15.9 Å². The minimum atomic E-state index is -0.657. The Morgan fingerprint density at radius 3 is 2.54 bits per heavy atom. The fourth-order valence-corrected chi connectivity index (χ4v) is 0.956. The molecule has 0 fully saturated rings. The fourth-order valence-electron chi connectivity index (χ4n) is 0.956. The molecular formula is C8H10ClFN2O. The van der Waals surface area contributed by atoms with Gasteiger partial charge < -0.3 is 11.5 Å². The summed E-state index contributed by atoms with van der Waals surface area (Å²) in [5, 5.41) is 0. The van der Waals surface area contributed by atoms with E-state index in [1.165, 1.54) is 12.1 Å². The molecule has 0 saturated carbocycles. The van der Waals surface area contributed by atoms with Crippen molar-refractivity contribution in [3.05, 3.63) is 35.1 Å². The van der Waals surface area contributed by atoms with E-state index in [1.54, 1.807) is 0 Å². The molecule has 0 aliphatic rings. The zero-order chi connectivity index (χ0) is 9.14. The molecule has 0 unspecified atom stereocenters. The van der Waals surface area contributed by atoms with Crippen LogP contribution in [0.2, 0.25) is 0 Å². The molecule has 4 N–H and O–H groups in total. The average Bonchev–Trinajstić information content (AvgIpc) is 2.04. The van der Waals surface area contributed by atoms with Crippen molar-refractivity contribution >= 4 is 18.3 Å². The van der Waals surface area contributed by atoms with Crippen molar-refractivity contribution < 1.29 is 9.18 Å². The molecule has 3 nitrogen and oxygen atoms in total. The number of carbonyl (C=O) groups is 1. The molecule has 13 heavy (non-hydrogen) atoms. The van der Waals surface area contributed by atoms with E-state index in [2.05, 4.69) is 0 Å². The van der Waals surface area contributed by atoms with Crippen LogP contribution >= 0.6 is 12.4 Å². The van der Waals surface area contributed by atoms with Gasteiger partial charge in [0.15, 0.2) is 0 Å². The Morgan fingerprint density at radius 1 is 1.46 bits per heavy atom. The molecular weight excluding hydrogens is 195 g/mol. The molecule has 72 valence electrons. The molecule has 0 saturated heterocycles. The fraction of sp³-hybridized carbons (Fsp3) is 0.125. The van der Waals surface area contributed by atoms with Crippen LogP contribution in [-0.2, 0) is 6.54 Å². The van der Waals surface area contributed by atoms with Crippen LogP contribution in [0, 0.1) is 5.82 Å². The van der Waals surface area contributed by atoms with E-state index in [9.17, 15) is 9.18 Å². The molecule has 1 rings (SSSR count). The van der Waals surface area contributed by atoms with Crippen molar-refractivity contribution in [1.82, 2.24) is 0 Å². The van der Waals surface area contributed by atoms with E-state index in [1.807, 2.05) is 0 Å². The highest BCUT2D eigenvalue weighted by Crippen LogP contribution is 2.09. The summed E-state index contributed by atoms with van der Waals surface area (Å²) in [7, 11) is 0. The van der Waals surface area contributed by atoms with Gasteiger partial charge in [0.2, 0.25) is 5.91 Å². The number of hydrogen-bond donors (Lipinski definition) is 2. The van der Waals surface area contributed by atoms with Crippen LogP contribution in [-0.4, -0.2) is 5.91 Å². The minimum absolute atomic E-state index is 0. The third-order valence-corrected chi connectivity index (χ3v) is 1.56. The third-order valence-electron chi connectivity index (χ3n) is 1.56. The topological polar surface area (TPSA) is 69.1 Å². The maximum Gasteiger partial charge on any atom is 0.249 e. The van der Waals surface area contributed by atoms with E-state index in [4.69, 9.17) is 11.5 Å². The predicted molar refractivity (Wildman–Crippen MR) is 50.1 cm³/mol. The summed E-state index contributed by atoms with van der Waals surface area (Å²) in [5.41, 5.74) is 11.0. The van der Waals surface area contributed by atoms with Gasteiger partial charge in [-0.2, -0.15) is 0 Å². The smallest absolute Gasteiger partial charge is 0.249 e. The zero-order valence-electron chi connectivity index (χ0n) is 6.79. The molecule has 0 aromatic heterocycles. The number of primary amides is 1. The summed E-state index contributed by atoms with van der Waals surface area (Å²) in [6.07, 6.45) is 0. The van der Waals surface area contributed by atoms with Gasteiger partial charge in [-0.3, -0.25) is 4.79 Å². The lowest BCUT2D eigenvalue weighted by atomic mass is 10.1. The quantitative estimate of drug-likeness (QED) is 0.749. The zero-order valence-corrected chi connectivity index (χ0v) is 7.60. The first kappa shape index (κ1) is 11.9. The van der Waals surface area contributed by atoms with Crippen LogP contribution in [0.15, 0.2) is 18.2 Å². The first-order valence-electron chi connectivity index (χ1n) is 3.43. The molecule has 1 aromatic rings. The molecule has 5 heteroatoms. The summed E-state index contributed by atoms with van der Waals surface area (Å²) < 4.78 is 12.6. The van der Waals surface area contributed by atoms with E-state index < -0.39 is 11.7 Å². The number of carbonyl (C=O) groups excluding carboxylic acids is 1. The molecule has 0 spiro atoms. The highest BCUT2D eigenvalue weighted by molar-refractivity contribution is 5.94. The van der Waals surface area contributed by atoms with E-state index in [-0.39, 0.29) is 24.5 Å². The Morgan fingerprint density at radius 2 is 2.08 bits per heavy atom. The maximum atomic E-state index is 12.6. The Hall–Kier alpha value is -1.13. The number of hydrogen-bond acceptors (Lipinski definition) is 2. The van der Waals surface area contributed by atoms with E-state index >= 15 is 0 Å². The lowest BCUT2D eigenvalue weighted by Crippen LogP contribution is -2.15. The van der Waals surface area contributed by atoms with Crippen LogP contribution in [0.3, 0.4) is 0 Å². The van der Waals surface area contributed by atoms with E-state index in [0.717, 1.165) is 6.07 Å². The highest BCUT2D eigenvalue weighted by Gasteiger charge is 2.07. The van der Waals surface area contributed by atoms with Crippen LogP contribution in [0.5, 0.6) is 0 Å². The largest absolute Gasteiger partial charge is 0.366 e. The predicted octanol–water partition coefficient (Wildman–Crippen LogP) is 0.805. The first-order chi connectivity index (χ1) is 5.65. The van der Waals surface area contributed by atoms with Gasteiger partial charge in [-0.05, 0) is 17.7 Å². The van der Waals surface area contributed by atoms with Gasteiger partial charge in [0.1, 0.15) is 5.82 Å². The number of benzene rings is 1. The van der Waals surface area contributed by atoms with Crippen molar-refractivity contribution in [2.75, 3.05) is 0 Å². The van der Waals surface area contributed by atoms with Crippen molar-refractivity contribution in [2.24, 2.45) is 11.5 Å². The Balaban J connectivity index is 0.00000144. The van der Waals surface area contributed by atoms with Gasteiger partial charge >= 0.3 is 0 Å². The number of nitrogens with two attached hydrogens (primary N) is 2. The molecule has 1 amide bonds. The summed E-state index contributed by atoms with van der Waals surface area (Å²) >= 11 is 0. The van der Waals surface area contributed by atoms with Crippen molar-refractivity contribution in [3.63, 3.8) is 0 Å². The monoisotopic (exact) mass is 204 g/mol. The second kappa shape index (κ2) is 4.79. The molecule has 0 radical (unpaired) electrons. The summed E-state index contributed by atoms with van der Waals surface area (Å²) in [5.74, 6) is -1.14. The number of amides is 1. The maximum absolute atomic E-state index is 12.6. The van der Waals surface area contributed by atoms with Gasteiger partial charge in [0, 0.05) is 12.1 Å². The molecule has 0 heterocycles. The summed E-state index contributed by atoms with van der Waals surface area (Å²) in [6.45, 7) is 0.179. The van der Waals surface area contributed by atoms with Crippen molar-refractivity contribution in [1.29, 1.82) is 0 Å². The molecule has 0 aliphatic heterocycles. The molecule has 0 bridgehead atoms. The Labute approximate surface area is 81.3 Å². The summed E-state index contributed by atoms with van der Waals surface area (Å²) in [4.78, 5) is 10.7. The first-order valence-corrected chi connectivity index (χ1v) is 3.43. The second-order valence-corrected chi connectivity index (χ2v) is 2.37. The van der Waals surface area contributed by atoms with E-state index in [0.29, 0.717) is 5.56 Å². The minimum Gasteiger partial charge on any atom is -0.366 e.